The van der Waals surface area contributed by atoms with Crippen molar-refractivity contribution >= 4 is 45.7 Å². The van der Waals surface area contributed by atoms with E-state index in [1.165, 1.54) is 24.3 Å². The van der Waals surface area contributed by atoms with E-state index in [2.05, 4.69) is 10.3 Å². The molecule has 0 aliphatic heterocycles. The zero-order valence-corrected chi connectivity index (χ0v) is 14.6. The van der Waals surface area contributed by atoms with Crippen molar-refractivity contribution < 1.29 is 4.79 Å². The van der Waals surface area contributed by atoms with Crippen molar-refractivity contribution in [1.29, 1.82) is 0 Å². The highest BCUT2D eigenvalue weighted by Gasteiger charge is 2.12. The number of H-pyrrole nitrogens is 1. The van der Waals surface area contributed by atoms with Gasteiger partial charge in [0.25, 0.3) is 11.5 Å². The summed E-state index contributed by atoms with van der Waals surface area (Å²) in [4.78, 5) is 39.2. The molecule has 0 atom stereocenters. The maximum Gasteiger partial charge on any atom is 0.328 e. The highest BCUT2D eigenvalue weighted by Crippen LogP contribution is 2.26. The number of anilines is 1. The first-order valence-electron chi connectivity index (χ1n) is 7.44. The number of hydrogen-bond acceptors (Lipinski definition) is 3. The summed E-state index contributed by atoms with van der Waals surface area (Å²) in [5.74, 6) is -0.424. The molecule has 0 radical (unpaired) electrons. The Balaban J connectivity index is 2.00. The van der Waals surface area contributed by atoms with Crippen LogP contribution in [0.3, 0.4) is 0 Å². The summed E-state index contributed by atoms with van der Waals surface area (Å²) in [6, 6.07) is 9.19. The maximum atomic E-state index is 12.4. The second-order valence-electron chi connectivity index (χ2n) is 5.32. The van der Waals surface area contributed by atoms with Crippen LogP contribution in [0.25, 0.3) is 10.9 Å². The summed E-state index contributed by atoms with van der Waals surface area (Å²) in [5, 5.41) is 3.76. The van der Waals surface area contributed by atoms with E-state index in [-0.39, 0.29) is 12.1 Å². The predicted molar refractivity (Wildman–Crippen MR) is 98.9 cm³/mol. The quantitative estimate of drug-likeness (QED) is 0.734. The van der Waals surface area contributed by atoms with Crippen LogP contribution < -0.4 is 16.6 Å². The Morgan fingerprint density at radius 3 is 2.60 bits per heavy atom. The fourth-order valence-electron chi connectivity index (χ4n) is 2.47. The van der Waals surface area contributed by atoms with Crippen molar-refractivity contribution in [3.63, 3.8) is 0 Å². The molecule has 0 spiro atoms. The summed E-state index contributed by atoms with van der Waals surface area (Å²) >= 11 is 11.9. The van der Waals surface area contributed by atoms with Crippen LogP contribution in [0.2, 0.25) is 10.0 Å². The van der Waals surface area contributed by atoms with E-state index in [1.807, 2.05) is 0 Å². The lowest BCUT2D eigenvalue weighted by Crippen LogP contribution is -2.34. The van der Waals surface area contributed by atoms with Crippen molar-refractivity contribution in [2.75, 3.05) is 5.32 Å². The zero-order valence-electron chi connectivity index (χ0n) is 13.1. The number of halogens is 2. The first-order chi connectivity index (χ1) is 11.9. The van der Waals surface area contributed by atoms with Gasteiger partial charge in [-0.15, -0.1) is 0 Å². The highest BCUT2D eigenvalue weighted by molar-refractivity contribution is 6.36. The minimum Gasteiger partial charge on any atom is -0.321 e. The Kier molecular flexibility index (Phi) is 4.65. The summed E-state index contributed by atoms with van der Waals surface area (Å²) in [6.45, 7) is 1.97. The normalized spacial score (nSPS) is 10.8. The number of hydrogen-bond donors (Lipinski definition) is 2. The fourth-order valence-corrected chi connectivity index (χ4v) is 2.92. The average molecular weight is 378 g/mol. The molecule has 6 nitrogen and oxygen atoms in total. The molecule has 2 N–H and O–H groups in total. The van der Waals surface area contributed by atoms with E-state index in [0.29, 0.717) is 26.6 Å². The Hall–Kier alpha value is -2.57. The lowest BCUT2D eigenvalue weighted by atomic mass is 10.1. The number of aromatic amines is 1. The molecule has 0 unspecified atom stereocenters. The molecule has 3 aromatic rings. The Bertz CT molecular complexity index is 1100. The molecule has 0 saturated carbocycles. The topological polar surface area (TPSA) is 84.0 Å². The molecule has 0 bridgehead atoms. The van der Waals surface area contributed by atoms with E-state index >= 15 is 0 Å². The van der Waals surface area contributed by atoms with E-state index in [4.69, 9.17) is 23.2 Å². The number of nitrogens with one attached hydrogen (secondary N) is 2. The van der Waals surface area contributed by atoms with Gasteiger partial charge in [-0.3, -0.25) is 14.2 Å². The maximum absolute atomic E-state index is 12.4. The van der Waals surface area contributed by atoms with Crippen LogP contribution in [0.4, 0.5) is 5.69 Å². The third-order valence-corrected chi connectivity index (χ3v) is 4.29. The van der Waals surface area contributed by atoms with Gasteiger partial charge in [0.2, 0.25) is 0 Å². The summed E-state index contributed by atoms with van der Waals surface area (Å²) in [7, 11) is 0. The third kappa shape index (κ3) is 3.31. The molecular formula is C17H13Cl2N3O3. The number of nitrogens with zero attached hydrogens (tertiary/aromatic N) is 1. The minimum atomic E-state index is -0.515. The molecule has 2 aromatic carbocycles. The Morgan fingerprint density at radius 1 is 1.16 bits per heavy atom. The predicted octanol–water partition coefficient (Wildman–Crippen LogP) is 3.27. The van der Waals surface area contributed by atoms with Gasteiger partial charge in [0.05, 0.1) is 21.6 Å². The van der Waals surface area contributed by atoms with Gasteiger partial charge in [-0.05, 0) is 43.3 Å². The van der Waals surface area contributed by atoms with Gasteiger partial charge >= 0.3 is 5.69 Å². The molecule has 0 fully saturated rings. The first-order valence-corrected chi connectivity index (χ1v) is 8.19. The number of benzene rings is 2. The van der Waals surface area contributed by atoms with Gasteiger partial charge in [-0.25, -0.2) is 4.79 Å². The largest absolute Gasteiger partial charge is 0.328 e. The van der Waals surface area contributed by atoms with Crippen LogP contribution in [-0.2, 0) is 6.54 Å². The molecule has 25 heavy (non-hydrogen) atoms. The second kappa shape index (κ2) is 6.74. The second-order valence-corrected chi connectivity index (χ2v) is 6.16. The van der Waals surface area contributed by atoms with Gasteiger partial charge in [0.1, 0.15) is 0 Å². The van der Waals surface area contributed by atoms with E-state index in [0.717, 1.165) is 4.57 Å². The zero-order chi connectivity index (χ0) is 18.1. The van der Waals surface area contributed by atoms with Crippen LogP contribution in [0.5, 0.6) is 0 Å². The molecule has 8 heteroatoms. The molecule has 1 aromatic heterocycles. The third-order valence-electron chi connectivity index (χ3n) is 3.74. The molecular weight excluding hydrogens is 365 g/mol. The van der Waals surface area contributed by atoms with E-state index < -0.39 is 17.2 Å². The Labute approximate surface area is 152 Å². The van der Waals surface area contributed by atoms with Gasteiger partial charge < -0.3 is 10.3 Å². The molecule has 3 rings (SSSR count). The first kappa shape index (κ1) is 17.3. The van der Waals surface area contributed by atoms with Crippen molar-refractivity contribution in [3.8, 4) is 0 Å². The molecule has 0 aliphatic carbocycles. The van der Waals surface area contributed by atoms with Gasteiger partial charge in [0, 0.05) is 17.1 Å². The molecule has 1 amide bonds. The number of fused-ring (bicyclic) bond motifs is 1. The number of aromatic nitrogens is 2. The van der Waals surface area contributed by atoms with Gasteiger partial charge in [-0.2, -0.15) is 0 Å². The van der Waals surface area contributed by atoms with Crippen LogP contribution in [0.15, 0.2) is 46.0 Å². The SMILES string of the molecule is CCn1c(=O)[nH]c2cc(C(=O)Nc3ccc(Cl)cc3Cl)ccc2c1=O. The van der Waals surface area contributed by atoms with Crippen molar-refractivity contribution in [1.82, 2.24) is 9.55 Å². The average Bonchev–Trinajstić information content (AvgIpc) is 2.57. The molecule has 128 valence electrons. The van der Waals surface area contributed by atoms with E-state index in [1.54, 1.807) is 19.1 Å². The van der Waals surface area contributed by atoms with Crippen LogP contribution >= 0.6 is 23.2 Å². The van der Waals surface area contributed by atoms with Crippen molar-refractivity contribution in [2.24, 2.45) is 0 Å². The fraction of sp³-hybridized carbons (Fsp3) is 0.118. The summed E-state index contributed by atoms with van der Waals surface area (Å²) < 4.78 is 1.09. The molecule has 0 aliphatic rings. The van der Waals surface area contributed by atoms with Crippen LogP contribution in [0, 0.1) is 0 Å². The number of rotatable bonds is 3. The summed E-state index contributed by atoms with van der Waals surface area (Å²) in [6.07, 6.45) is 0. The lowest BCUT2D eigenvalue weighted by Gasteiger charge is -2.09. The lowest BCUT2D eigenvalue weighted by molar-refractivity contribution is 0.102. The smallest absolute Gasteiger partial charge is 0.321 e. The summed E-state index contributed by atoms with van der Waals surface area (Å²) in [5.41, 5.74) is 0.0793. The van der Waals surface area contributed by atoms with Gasteiger partial charge in [0.15, 0.2) is 0 Å². The number of amides is 1. The number of carbonyl (C=O) groups excluding carboxylic acids is 1. The van der Waals surface area contributed by atoms with Crippen LogP contribution in [-0.4, -0.2) is 15.5 Å². The van der Waals surface area contributed by atoms with Crippen molar-refractivity contribution in [2.45, 2.75) is 13.5 Å². The molecule has 0 saturated heterocycles. The van der Waals surface area contributed by atoms with Crippen LogP contribution in [0.1, 0.15) is 17.3 Å². The monoisotopic (exact) mass is 377 g/mol. The molecule has 1 heterocycles. The van der Waals surface area contributed by atoms with E-state index in [9.17, 15) is 14.4 Å². The van der Waals surface area contributed by atoms with Crippen molar-refractivity contribution in [3.05, 3.63) is 72.8 Å². The standard InChI is InChI=1S/C17H13Cl2N3O3/c1-2-22-16(24)11-5-3-9(7-14(11)21-17(22)25)15(23)20-13-6-4-10(18)8-12(13)19/h3-8H,2H2,1H3,(H,20,23)(H,21,25). The minimum absolute atomic E-state index is 0.265. The highest BCUT2D eigenvalue weighted by atomic mass is 35.5. The number of carbonyl (C=O) groups is 1. The van der Waals surface area contributed by atoms with Gasteiger partial charge in [-0.1, -0.05) is 23.2 Å². The Morgan fingerprint density at radius 2 is 1.92 bits per heavy atom.